The Kier molecular flexibility index (Phi) is 6.11. The molecule has 1 saturated heterocycles. The van der Waals surface area contributed by atoms with Crippen LogP contribution < -0.4 is 20.4 Å². The average molecular weight is 547 g/mol. The third-order valence-electron chi connectivity index (χ3n) is 6.39. The van der Waals surface area contributed by atoms with Gasteiger partial charge in [-0.2, -0.15) is 9.97 Å². The number of fused-ring (bicyclic) bond motifs is 1. The van der Waals surface area contributed by atoms with E-state index >= 15 is 0 Å². The van der Waals surface area contributed by atoms with Crippen LogP contribution in [0.15, 0.2) is 36.9 Å². The minimum absolute atomic E-state index is 0.0984. The topological polar surface area (TPSA) is 171 Å². The molecule has 1 fully saturated rings. The Morgan fingerprint density at radius 3 is 2.54 bits per heavy atom. The molecule has 14 nitrogen and oxygen atoms in total. The first-order valence-corrected chi connectivity index (χ1v) is 12.8. The van der Waals surface area contributed by atoms with Gasteiger partial charge < -0.3 is 15.3 Å². The van der Waals surface area contributed by atoms with E-state index in [-0.39, 0.29) is 42.2 Å². The fourth-order valence-corrected chi connectivity index (χ4v) is 5.34. The number of aromatic carboxylic acids is 1. The Bertz CT molecular complexity index is 1590. The Balaban J connectivity index is 1.35. The summed E-state index contributed by atoms with van der Waals surface area (Å²) in [6.45, 7) is 2.96. The van der Waals surface area contributed by atoms with Gasteiger partial charge in [-0.05, 0) is 24.6 Å². The van der Waals surface area contributed by atoms with Crippen LogP contribution in [0.5, 0.6) is 0 Å². The predicted octanol–water partition coefficient (Wildman–Crippen LogP) is 1.29. The van der Waals surface area contributed by atoms with Crippen LogP contribution in [-0.4, -0.2) is 72.2 Å². The van der Waals surface area contributed by atoms with Gasteiger partial charge in [-0.3, -0.25) is 24.4 Å². The molecule has 1 aromatic carbocycles. The molecule has 39 heavy (non-hydrogen) atoms. The minimum atomic E-state index is -1.07. The van der Waals surface area contributed by atoms with E-state index in [1.165, 1.54) is 0 Å². The van der Waals surface area contributed by atoms with Crippen molar-refractivity contribution in [1.29, 1.82) is 0 Å². The maximum Gasteiger partial charge on any atom is 0.347 e. The maximum absolute atomic E-state index is 13.2. The van der Waals surface area contributed by atoms with Crippen molar-refractivity contribution in [2.24, 2.45) is 0 Å². The number of hydrogen-bond donors (Lipinski definition) is 3. The standard InChI is InChI=1S/C24H22N10O4S/c1-13-19(22(37)38)39-24(28-13)31-23-29-20(32-7-6-25-17(35)10-32)16-8-18(36)34(21(16)30-23)9-14-2-4-15(5-3-14)33-11-26-27-12-33/h2-5,11-12H,6-10H2,1H3,(H,25,35)(H,37,38)(H,28,29,30,31). The molecule has 0 aliphatic carbocycles. The molecule has 2 aliphatic rings. The molecule has 0 radical (unpaired) electrons. The van der Waals surface area contributed by atoms with Crippen molar-refractivity contribution < 1.29 is 19.5 Å². The molecular formula is C24H22N10O4S. The number of piperazine rings is 1. The maximum atomic E-state index is 13.2. The van der Waals surface area contributed by atoms with Crippen LogP contribution in [-0.2, 0) is 22.6 Å². The zero-order valence-electron chi connectivity index (χ0n) is 20.7. The lowest BCUT2D eigenvalue weighted by atomic mass is 10.2. The van der Waals surface area contributed by atoms with E-state index < -0.39 is 5.97 Å². The van der Waals surface area contributed by atoms with Gasteiger partial charge in [-0.1, -0.05) is 23.5 Å². The second-order valence-electron chi connectivity index (χ2n) is 9.00. The van der Waals surface area contributed by atoms with Crippen molar-refractivity contribution in [3.8, 4) is 5.69 Å². The summed E-state index contributed by atoms with van der Waals surface area (Å²) < 4.78 is 1.78. The number of carboxylic acid groups (broad SMARTS) is 1. The highest BCUT2D eigenvalue weighted by molar-refractivity contribution is 7.17. The summed E-state index contributed by atoms with van der Waals surface area (Å²) >= 11 is 0.971. The van der Waals surface area contributed by atoms with E-state index in [0.717, 1.165) is 22.6 Å². The Morgan fingerprint density at radius 2 is 1.85 bits per heavy atom. The number of aromatic nitrogens is 6. The highest BCUT2D eigenvalue weighted by Crippen LogP contribution is 2.37. The lowest BCUT2D eigenvalue weighted by Crippen LogP contribution is -2.48. The minimum Gasteiger partial charge on any atom is -0.477 e. The molecule has 3 N–H and O–H groups in total. The van der Waals surface area contributed by atoms with E-state index in [1.807, 2.05) is 29.2 Å². The molecule has 2 amide bonds. The number of thiazole rings is 1. The van der Waals surface area contributed by atoms with Gasteiger partial charge in [-0.15, -0.1) is 10.2 Å². The monoisotopic (exact) mass is 546 g/mol. The lowest BCUT2D eigenvalue weighted by molar-refractivity contribution is -0.120. The lowest BCUT2D eigenvalue weighted by Gasteiger charge is -2.29. The molecule has 0 bridgehead atoms. The van der Waals surface area contributed by atoms with E-state index in [9.17, 15) is 19.5 Å². The van der Waals surface area contributed by atoms with Crippen molar-refractivity contribution in [1.82, 2.24) is 35.0 Å². The second-order valence-corrected chi connectivity index (χ2v) is 10.00. The zero-order chi connectivity index (χ0) is 27.1. The zero-order valence-corrected chi connectivity index (χ0v) is 21.5. The summed E-state index contributed by atoms with van der Waals surface area (Å²) in [5, 5.41) is 23.2. The number of carbonyl (C=O) groups is 3. The highest BCUT2D eigenvalue weighted by Gasteiger charge is 2.35. The van der Waals surface area contributed by atoms with E-state index in [2.05, 4.69) is 35.8 Å². The van der Waals surface area contributed by atoms with E-state index in [0.29, 0.717) is 41.1 Å². The molecule has 0 saturated carbocycles. The molecule has 0 atom stereocenters. The molecule has 0 spiro atoms. The average Bonchev–Trinajstić information content (AvgIpc) is 3.64. The second kappa shape index (κ2) is 9.75. The molecule has 4 aromatic rings. The molecule has 6 rings (SSSR count). The number of carboxylic acids is 1. The summed E-state index contributed by atoms with van der Waals surface area (Å²) in [4.78, 5) is 54.0. The van der Waals surface area contributed by atoms with Gasteiger partial charge in [0.1, 0.15) is 29.2 Å². The van der Waals surface area contributed by atoms with Gasteiger partial charge in [0.15, 0.2) is 5.13 Å². The molecule has 198 valence electrons. The summed E-state index contributed by atoms with van der Waals surface area (Å²) in [6.07, 6.45) is 3.31. The van der Waals surface area contributed by atoms with Crippen molar-refractivity contribution >= 4 is 51.8 Å². The van der Waals surface area contributed by atoms with Crippen molar-refractivity contribution in [2.45, 2.75) is 19.9 Å². The molecule has 0 unspecified atom stereocenters. The summed E-state index contributed by atoms with van der Waals surface area (Å²) in [5.74, 6) is -0.265. The molecule has 3 aromatic heterocycles. The normalized spacial score (nSPS) is 14.9. The SMILES string of the molecule is Cc1nc(Nc2nc(N3CCNC(=O)C3)c3c(n2)N(Cc2ccc(-n4cnnc4)cc2)C(=O)C3)sc1C(=O)O. The largest absolute Gasteiger partial charge is 0.477 e. The van der Waals surface area contributed by atoms with Gasteiger partial charge in [0.05, 0.1) is 25.2 Å². The first-order chi connectivity index (χ1) is 18.9. The number of amides is 2. The van der Waals surface area contributed by atoms with Crippen LogP contribution >= 0.6 is 11.3 Å². The number of nitrogens with one attached hydrogen (secondary N) is 2. The first kappa shape index (κ1) is 24.4. The number of aryl methyl sites for hydroxylation is 1. The number of benzene rings is 1. The van der Waals surface area contributed by atoms with Crippen molar-refractivity contribution in [3.63, 3.8) is 0 Å². The molecule has 2 aliphatic heterocycles. The predicted molar refractivity (Wildman–Crippen MR) is 141 cm³/mol. The number of carbonyl (C=O) groups excluding carboxylic acids is 2. The van der Waals surface area contributed by atoms with E-state index in [4.69, 9.17) is 0 Å². The van der Waals surface area contributed by atoms with E-state index in [1.54, 1.807) is 29.0 Å². The smallest absolute Gasteiger partial charge is 0.347 e. The van der Waals surface area contributed by atoms with Gasteiger partial charge in [0.2, 0.25) is 17.8 Å². The summed E-state index contributed by atoms with van der Waals surface area (Å²) in [6, 6.07) is 7.66. The van der Waals surface area contributed by atoms with Crippen LogP contribution in [0.1, 0.15) is 26.5 Å². The van der Waals surface area contributed by atoms with Gasteiger partial charge in [0.25, 0.3) is 0 Å². The van der Waals surface area contributed by atoms with Crippen LogP contribution in [0.4, 0.5) is 22.7 Å². The summed E-state index contributed by atoms with van der Waals surface area (Å²) in [5.41, 5.74) is 2.79. The van der Waals surface area contributed by atoms with Gasteiger partial charge in [-0.25, -0.2) is 9.78 Å². The fourth-order valence-electron chi connectivity index (χ4n) is 4.54. The van der Waals surface area contributed by atoms with Crippen LogP contribution in [0.25, 0.3) is 5.69 Å². The Labute approximate surface area is 225 Å². The number of anilines is 4. The third kappa shape index (κ3) is 4.74. The first-order valence-electron chi connectivity index (χ1n) is 12.0. The van der Waals surface area contributed by atoms with Gasteiger partial charge >= 0.3 is 5.97 Å². The summed E-state index contributed by atoms with van der Waals surface area (Å²) in [7, 11) is 0. The Morgan fingerprint density at radius 1 is 1.10 bits per heavy atom. The molecule has 15 heteroatoms. The van der Waals surface area contributed by atoms with Gasteiger partial charge in [0, 0.05) is 24.3 Å². The number of nitrogens with zero attached hydrogens (tertiary/aromatic N) is 8. The number of hydrogen-bond acceptors (Lipinski definition) is 11. The number of rotatable bonds is 7. The molecular weight excluding hydrogens is 524 g/mol. The van der Waals surface area contributed by atoms with Crippen LogP contribution in [0, 0.1) is 6.92 Å². The highest BCUT2D eigenvalue weighted by atomic mass is 32.1. The third-order valence-corrected chi connectivity index (χ3v) is 7.45. The molecule has 5 heterocycles. The van der Waals surface area contributed by atoms with Crippen LogP contribution in [0.3, 0.4) is 0 Å². The van der Waals surface area contributed by atoms with Crippen LogP contribution in [0.2, 0.25) is 0 Å². The van der Waals surface area contributed by atoms with Crippen molar-refractivity contribution in [3.05, 3.63) is 58.6 Å². The fraction of sp³-hybridized carbons (Fsp3) is 0.250. The Hall–Kier alpha value is -4.92. The van der Waals surface area contributed by atoms with Crippen molar-refractivity contribution in [2.75, 3.05) is 34.8 Å². The quantitative estimate of drug-likeness (QED) is 0.305.